The van der Waals surface area contributed by atoms with Crippen LogP contribution in [0.3, 0.4) is 0 Å². The lowest BCUT2D eigenvalue weighted by Crippen LogP contribution is -2.34. The summed E-state index contributed by atoms with van der Waals surface area (Å²) in [6.07, 6.45) is 0. The highest BCUT2D eigenvalue weighted by Gasteiger charge is 2.16. The van der Waals surface area contributed by atoms with Crippen LogP contribution in [-0.4, -0.2) is 21.6 Å². The molecule has 2 aromatic carbocycles. The molecule has 1 unspecified atom stereocenters. The van der Waals surface area contributed by atoms with Crippen LogP contribution in [0.4, 0.5) is 0 Å². The average Bonchev–Trinajstić information content (AvgIpc) is 2.93. The number of para-hydroxylation sites is 2. The van der Waals surface area contributed by atoms with E-state index < -0.39 is 0 Å². The first-order valence-corrected chi connectivity index (χ1v) is 9.25. The van der Waals surface area contributed by atoms with Crippen LogP contribution in [0.5, 0.6) is 5.75 Å². The van der Waals surface area contributed by atoms with E-state index in [1.807, 2.05) is 69.3 Å². The summed E-state index contributed by atoms with van der Waals surface area (Å²) in [7, 11) is 0. The highest BCUT2D eigenvalue weighted by molar-refractivity contribution is 5.81. The third kappa shape index (κ3) is 3.89. The number of aryl methyl sites for hydroxylation is 1. The number of hydrogen-bond donors (Lipinski definition) is 1. The lowest BCUT2D eigenvalue weighted by atomic mass is 10.1. The van der Waals surface area contributed by atoms with Crippen molar-refractivity contribution in [1.82, 2.24) is 14.5 Å². The van der Waals surface area contributed by atoms with E-state index in [0.29, 0.717) is 13.2 Å². The lowest BCUT2D eigenvalue weighted by Gasteiger charge is -2.15. The molecule has 0 bridgehead atoms. The molecular weight excluding hydrogens is 342 g/mol. The molecule has 0 aliphatic rings. The zero-order chi connectivity index (χ0) is 19.4. The molecule has 6 nitrogen and oxygen atoms in total. The van der Waals surface area contributed by atoms with Gasteiger partial charge in [-0.1, -0.05) is 24.3 Å². The molecule has 3 aromatic rings. The predicted molar refractivity (Wildman–Crippen MR) is 106 cm³/mol. The van der Waals surface area contributed by atoms with Gasteiger partial charge < -0.3 is 10.1 Å². The fourth-order valence-corrected chi connectivity index (χ4v) is 3.26. The molecule has 27 heavy (non-hydrogen) atoms. The Morgan fingerprint density at radius 2 is 1.67 bits per heavy atom. The molecule has 0 fully saturated rings. The maximum absolute atomic E-state index is 12.6. The van der Waals surface area contributed by atoms with Gasteiger partial charge in [0.25, 0.3) is 0 Å². The van der Waals surface area contributed by atoms with Gasteiger partial charge in [-0.15, -0.1) is 0 Å². The number of rotatable bonds is 7. The van der Waals surface area contributed by atoms with E-state index in [1.54, 1.807) is 4.57 Å². The third-order valence-electron chi connectivity index (χ3n) is 4.61. The number of aromatic nitrogens is 2. The van der Waals surface area contributed by atoms with Gasteiger partial charge in [-0.05, 0) is 50.6 Å². The number of benzene rings is 2. The standard InChI is InChI=1S/C21H25N3O3/c1-4-23-18-8-6-7-9-19(18)24(21(23)26)14-20(25)22-15(3)16-10-12-17(13-11-16)27-5-2/h6-13,15H,4-5,14H2,1-3H3,(H,22,25). The fourth-order valence-electron chi connectivity index (χ4n) is 3.26. The molecule has 1 aromatic heterocycles. The first-order valence-electron chi connectivity index (χ1n) is 9.25. The smallest absolute Gasteiger partial charge is 0.329 e. The minimum atomic E-state index is -0.197. The van der Waals surface area contributed by atoms with Crippen molar-refractivity contribution < 1.29 is 9.53 Å². The quantitative estimate of drug-likeness (QED) is 0.698. The van der Waals surface area contributed by atoms with E-state index >= 15 is 0 Å². The zero-order valence-corrected chi connectivity index (χ0v) is 15.9. The molecular formula is C21H25N3O3. The number of imidazole rings is 1. The number of fused-ring (bicyclic) bond motifs is 1. The topological polar surface area (TPSA) is 65.3 Å². The number of amides is 1. The molecule has 1 N–H and O–H groups in total. The number of ether oxygens (including phenoxy) is 1. The lowest BCUT2D eigenvalue weighted by molar-refractivity contribution is -0.122. The van der Waals surface area contributed by atoms with Crippen LogP contribution in [0, 0.1) is 0 Å². The van der Waals surface area contributed by atoms with Gasteiger partial charge in [-0.2, -0.15) is 0 Å². The van der Waals surface area contributed by atoms with Gasteiger partial charge in [0.15, 0.2) is 0 Å². The van der Waals surface area contributed by atoms with Crippen LogP contribution < -0.4 is 15.7 Å². The maximum Gasteiger partial charge on any atom is 0.329 e. The van der Waals surface area contributed by atoms with Crippen LogP contribution in [0.25, 0.3) is 11.0 Å². The van der Waals surface area contributed by atoms with Crippen molar-refractivity contribution in [2.45, 2.75) is 39.9 Å². The second-order valence-electron chi connectivity index (χ2n) is 6.39. The Kier molecular flexibility index (Phi) is 5.64. The Labute approximate surface area is 158 Å². The van der Waals surface area contributed by atoms with E-state index in [9.17, 15) is 9.59 Å². The second-order valence-corrected chi connectivity index (χ2v) is 6.39. The highest BCUT2D eigenvalue weighted by Crippen LogP contribution is 2.18. The van der Waals surface area contributed by atoms with Crippen molar-refractivity contribution in [3.8, 4) is 5.75 Å². The summed E-state index contributed by atoms with van der Waals surface area (Å²) < 4.78 is 8.65. The van der Waals surface area contributed by atoms with E-state index in [2.05, 4.69) is 5.32 Å². The van der Waals surface area contributed by atoms with E-state index in [0.717, 1.165) is 22.3 Å². The molecule has 0 radical (unpaired) electrons. The molecule has 6 heteroatoms. The zero-order valence-electron chi connectivity index (χ0n) is 15.9. The Morgan fingerprint density at radius 1 is 1.04 bits per heavy atom. The summed E-state index contributed by atoms with van der Waals surface area (Å²) in [6, 6.07) is 15.0. The molecule has 1 heterocycles. The van der Waals surface area contributed by atoms with Gasteiger partial charge in [-0.25, -0.2) is 4.79 Å². The number of nitrogens with one attached hydrogen (secondary N) is 1. The van der Waals surface area contributed by atoms with E-state index in [4.69, 9.17) is 4.74 Å². The van der Waals surface area contributed by atoms with E-state index in [1.165, 1.54) is 4.57 Å². The molecule has 0 aliphatic heterocycles. The average molecular weight is 367 g/mol. The Balaban J connectivity index is 1.75. The Hall–Kier alpha value is -3.02. The van der Waals surface area contributed by atoms with Crippen LogP contribution in [-0.2, 0) is 17.9 Å². The molecule has 0 saturated carbocycles. The molecule has 0 spiro atoms. The van der Waals surface area contributed by atoms with Gasteiger partial charge in [0.2, 0.25) is 5.91 Å². The van der Waals surface area contributed by atoms with Gasteiger partial charge in [0.05, 0.1) is 23.7 Å². The Bertz CT molecular complexity index is 986. The molecule has 0 saturated heterocycles. The normalized spacial score (nSPS) is 12.1. The molecule has 1 atom stereocenters. The largest absolute Gasteiger partial charge is 0.494 e. The Morgan fingerprint density at radius 3 is 2.26 bits per heavy atom. The van der Waals surface area contributed by atoms with Gasteiger partial charge >= 0.3 is 5.69 Å². The molecule has 142 valence electrons. The van der Waals surface area contributed by atoms with Crippen LogP contribution in [0.15, 0.2) is 53.3 Å². The summed E-state index contributed by atoms with van der Waals surface area (Å²) >= 11 is 0. The second kappa shape index (κ2) is 8.12. The predicted octanol–water partition coefficient (Wildman–Crippen LogP) is 3.10. The third-order valence-corrected chi connectivity index (χ3v) is 4.61. The van der Waals surface area contributed by atoms with Gasteiger partial charge in [0, 0.05) is 6.54 Å². The maximum atomic E-state index is 12.6. The number of nitrogens with zero attached hydrogens (tertiary/aromatic N) is 2. The fraction of sp³-hybridized carbons (Fsp3) is 0.333. The van der Waals surface area contributed by atoms with E-state index in [-0.39, 0.29) is 24.2 Å². The minimum Gasteiger partial charge on any atom is -0.494 e. The van der Waals surface area contributed by atoms with Crippen molar-refractivity contribution >= 4 is 16.9 Å². The minimum absolute atomic E-state index is 0.00623. The number of hydrogen-bond acceptors (Lipinski definition) is 3. The molecule has 1 amide bonds. The summed E-state index contributed by atoms with van der Waals surface area (Å²) in [5.41, 5.74) is 2.43. The van der Waals surface area contributed by atoms with Crippen LogP contribution in [0.1, 0.15) is 32.4 Å². The molecule has 0 aliphatic carbocycles. The summed E-state index contributed by atoms with van der Waals surface area (Å²) in [6.45, 7) is 6.96. The summed E-state index contributed by atoms with van der Waals surface area (Å²) in [5, 5.41) is 2.97. The first kappa shape index (κ1) is 18.8. The SMILES string of the molecule is CCOc1ccc(C(C)NC(=O)Cn2c(=O)n(CC)c3ccccc32)cc1. The van der Waals surface area contributed by atoms with Crippen molar-refractivity contribution in [3.05, 3.63) is 64.6 Å². The van der Waals surface area contributed by atoms with Crippen LogP contribution in [0.2, 0.25) is 0 Å². The van der Waals surface area contributed by atoms with Gasteiger partial charge in [-0.3, -0.25) is 13.9 Å². The van der Waals surface area contributed by atoms with Crippen molar-refractivity contribution in [2.75, 3.05) is 6.61 Å². The van der Waals surface area contributed by atoms with Crippen molar-refractivity contribution in [3.63, 3.8) is 0 Å². The number of carbonyl (C=O) groups excluding carboxylic acids is 1. The van der Waals surface area contributed by atoms with Crippen molar-refractivity contribution in [2.24, 2.45) is 0 Å². The highest BCUT2D eigenvalue weighted by atomic mass is 16.5. The van der Waals surface area contributed by atoms with Crippen LogP contribution >= 0.6 is 0 Å². The van der Waals surface area contributed by atoms with Gasteiger partial charge in [0.1, 0.15) is 12.3 Å². The van der Waals surface area contributed by atoms with Crippen molar-refractivity contribution in [1.29, 1.82) is 0 Å². The number of carbonyl (C=O) groups is 1. The summed E-state index contributed by atoms with van der Waals surface area (Å²) in [5.74, 6) is 0.608. The first-order chi connectivity index (χ1) is 13.0. The summed E-state index contributed by atoms with van der Waals surface area (Å²) in [4.78, 5) is 25.2. The monoisotopic (exact) mass is 367 g/mol. The molecule has 3 rings (SSSR count).